The van der Waals surface area contributed by atoms with Gasteiger partial charge in [-0.1, -0.05) is 35.9 Å². The second-order valence-corrected chi connectivity index (χ2v) is 7.59. The number of benzene rings is 3. The van der Waals surface area contributed by atoms with Gasteiger partial charge in [0.1, 0.15) is 36.6 Å². The zero-order valence-electron chi connectivity index (χ0n) is 16.7. The van der Waals surface area contributed by atoms with Crippen LogP contribution >= 0.6 is 11.6 Å². The molecular formula is C24H23ClN2O3. The van der Waals surface area contributed by atoms with E-state index in [0.29, 0.717) is 23.9 Å². The van der Waals surface area contributed by atoms with Gasteiger partial charge in [0.25, 0.3) is 0 Å². The van der Waals surface area contributed by atoms with Crippen LogP contribution in [0.25, 0.3) is 11.0 Å². The molecule has 4 aromatic rings. The molecule has 1 aromatic heterocycles. The molecule has 0 spiro atoms. The van der Waals surface area contributed by atoms with Gasteiger partial charge in [-0.2, -0.15) is 0 Å². The summed E-state index contributed by atoms with van der Waals surface area (Å²) in [6.07, 6.45) is -0.712. The smallest absolute Gasteiger partial charge is 0.148 e. The van der Waals surface area contributed by atoms with E-state index in [2.05, 4.69) is 0 Å². The average Bonchev–Trinajstić information content (AvgIpc) is 3.09. The summed E-state index contributed by atoms with van der Waals surface area (Å²) in [6.45, 7) is 2.84. The maximum Gasteiger partial charge on any atom is 0.148 e. The molecule has 0 aliphatic rings. The van der Waals surface area contributed by atoms with E-state index >= 15 is 0 Å². The van der Waals surface area contributed by atoms with Crippen LogP contribution in [0.1, 0.15) is 11.4 Å². The van der Waals surface area contributed by atoms with Gasteiger partial charge in [-0.05, 0) is 61.0 Å². The number of aryl methyl sites for hydroxylation is 1. The lowest BCUT2D eigenvalue weighted by Crippen LogP contribution is -2.25. The third-order valence-electron chi connectivity index (χ3n) is 4.74. The van der Waals surface area contributed by atoms with Crippen molar-refractivity contribution in [2.45, 2.75) is 26.2 Å². The number of fused-ring (bicyclic) bond motifs is 1. The number of ether oxygens (including phenoxy) is 2. The Bertz CT molecular complexity index is 1120. The van der Waals surface area contributed by atoms with Gasteiger partial charge in [-0.15, -0.1) is 0 Å². The van der Waals surface area contributed by atoms with Gasteiger partial charge in [-0.3, -0.25) is 0 Å². The van der Waals surface area contributed by atoms with E-state index in [-0.39, 0.29) is 6.61 Å². The predicted octanol–water partition coefficient (Wildman–Crippen LogP) is 5.02. The SMILES string of the molecule is Cc1cccc(OCc2nc3ccccc3n2C[C@H](O)COc2ccc(Cl)cc2)c1. The van der Waals surface area contributed by atoms with E-state index in [4.69, 9.17) is 26.1 Å². The summed E-state index contributed by atoms with van der Waals surface area (Å²) in [4.78, 5) is 4.70. The molecule has 0 saturated heterocycles. The van der Waals surface area contributed by atoms with Crippen molar-refractivity contribution in [1.29, 1.82) is 0 Å². The van der Waals surface area contributed by atoms with E-state index < -0.39 is 6.10 Å². The monoisotopic (exact) mass is 422 g/mol. The minimum atomic E-state index is -0.712. The van der Waals surface area contributed by atoms with Crippen LogP contribution in [-0.4, -0.2) is 27.4 Å². The molecule has 6 heteroatoms. The Morgan fingerprint density at radius 3 is 2.57 bits per heavy atom. The second kappa shape index (κ2) is 9.20. The summed E-state index contributed by atoms with van der Waals surface area (Å²) < 4.78 is 13.6. The molecule has 0 radical (unpaired) electrons. The molecule has 0 amide bonds. The molecule has 154 valence electrons. The van der Waals surface area contributed by atoms with Crippen LogP contribution in [0, 0.1) is 6.92 Å². The minimum Gasteiger partial charge on any atom is -0.491 e. The van der Waals surface area contributed by atoms with Gasteiger partial charge in [0.05, 0.1) is 17.6 Å². The molecule has 5 nitrogen and oxygen atoms in total. The highest BCUT2D eigenvalue weighted by Crippen LogP contribution is 2.20. The average molecular weight is 423 g/mol. The first-order valence-corrected chi connectivity index (χ1v) is 10.2. The number of aliphatic hydroxyl groups is 1. The Hall–Kier alpha value is -3.02. The quantitative estimate of drug-likeness (QED) is 0.433. The van der Waals surface area contributed by atoms with Crippen molar-refractivity contribution >= 4 is 22.6 Å². The second-order valence-electron chi connectivity index (χ2n) is 7.15. The van der Waals surface area contributed by atoms with Crippen molar-refractivity contribution in [3.05, 3.63) is 89.2 Å². The van der Waals surface area contributed by atoms with Gasteiger partial charge in [0.2, 0.25) is 0 Å². The molecule has 3 aromatic carbocycles. The number of hydrogen-bond acceptors (Lipinski definition) is 4. The number of imidazole rings is 1. The van der Waals surface area contributed by atoms with Crippen LogP contribution in [0.4, 0.5) is 0 Å². The van der Waals surface area contributed by atoms with Crippen LogP contribution < -0.4 is 9.47 Å². The number of para-hydroxylation sites is 2. The highest BCUT2D eigenvalue weighted by Gasteiger charge is 2.15. The fourth-order valence-electron chi connectivity index (χ4n) is 3.28. The Morgan fingerprint density at radius 1 is 0.967 bits per heavy atom. The Kier molecular flexibility index (Phi) is 6.21. The Morgan fingerprint density at radius 2 is 1.77 bits per heavy atom. The molecule has 0 aliphatic heterocycles. The van der Waals surface area contributed by atoms with Crippen molar-refractivity contribution in [2.24, 2.45) is 0 Å². The molecule has 1 heterocycles. The number of hydrogen-bond donors (Lipinski definition) is 1. The van der Waals surface area contributed by atoms with Gasteiger partial charge in [0.15, 0.2) is 0 Å². The van der Waals surface area contributed by atoms with E-state index in [0.717, 1.165) is 28.2 Å². The number of halogens is 1. The van der Waals surface area contributed by atoms with Crippen LogP contribution in [0.5, 0.6) is 11.5 Å². The standard InChI is InChI=1S/C24H23ClN2O3/c1-17-5-4-6-21(13-17)30-16-24-26-22-7-2-3-8-23(22)27(24)14-19(28)15-29-20-11-9-18(25)10-12-20/h2-13,19,28H,14-16H2,1H3/t19-/m0/s1. The molecule has 1 atom stereocenters. The maximum atomic E-state index is 10.6. The minimum absolute atomic E-state index is 0.159. The zero-order chi connectivity index (χ0) is 20.9. The summed E-state index contributed by atoms with van der Waals surface area (Å²) in [6, 6.07) is 22.8. The van der Waals surface area contributed by atoms with Gasteiger partial charge < -0.3 is 19.1 Å². The van der Waals surface area contributed by atoms with Crippen LogP contribution in [0.2, 0.25) is 5.02 Å². The van der Waals surface area contributed by atoms with Crippen LogP contribution in [0.3, 0.4) is 0 Å². The molecule has 0 unspecified atom stereocenters. The normalized spacial score (nSPS) is 12.1. The molecule has 0 saturated carbocycles. The van der Waals surface area contributed by atoms with Gasteiger partial charge >= 0.3 is 0 Å². The van der Waals surface area contributed by atoms with Crippen molar-refractivity contribution in [3.63, 3.8) is 0 Å². The summed E-state index contributed by atoms with van der Waals surface area (Å²) in [5, 5.41) is 11.2. The zero-order valence-corrected chi connectivity index (χ0v) is 17.4. The van der Waals surface area contributed by atoms with E-state index in [1.807, 2.05) is 60.0 Å². The van der Waals surface area contributed by atoms with E-state index in [1.165, 1.54) is 0 Å². The van der Waals surface area contributed by atoms with Crippen molar-refractivity contribution < 1.29 is 14.6 Å². The fourth-order valence-corrected chi connectivity index (χ4v) is 3.40. The first kappa shape index (κ1) is 20.3. The maximum absolute atomic E-state index is 10.6. The Balaban J connectivity index is 1.48. The molecule has 4 rings (SSSR count). The summed E-state index contributed by atoms with van der Waals surface area (Å²) in [7, 11) is 0. The summed E-state index contributed by atoms with van der Waals surface area (Å²) in [5.41, 5.74) is 2.95. The van der Waals surface area contributed by atoms with E-state index in [9.17, 15) is 5.11 Å². The third-order valence-corrected chi connectivity index (χ3v) is 4.99. The van der Waals surface area contributed by atoms with E-state index in [1.54, 1.807) is 24.3 Å². The summed E-state index contributed by atoms with van der Waals surface area (Å²) >= 11 is 5.90. The van der Waals surface area contributed by atoms with Gasteiger partial charge in [0, 0.05) is 5.02 Å². The third kappa shape index (κ3) is 4.93. The number of aliphatic hydroxyl groups excluding tert-OH is 1. The molecule has 1 N–H and O–H groups in total. The molecule has 0 bridgehead atoms. The lowest BCUT2D eigenvalue weighted by Gasteiger charge is -2.16. The highest BCUT2D eigenvalue weighted by atomic mass is 35.5. The Labute approximate surface area is 180 Å². The van der Waals surface area contributed by atoms with Crippen molar-refractivity contribution in [2.75, 3.05) is 6.61 Å². The topological polar surface area (TPSA) is 56.5 Å². The van der Waals surface area contributed by atoms with Gasteiger partial charge in [-0.25, -0.2) is 4.98 Å². The van der Waals surface area contributed by atoms with Crippen LogP contribution in [-0.2, 0) is 13.2 Å². The van der Waals surface area contributed by atoms with Crippen molar-refractivity contribution in [3.8, 4) is 11.5 Å². The lowest BCUT2D eigenvalue weighted by atomic mass is 10.2. The molecule has 30 heavy (non-hydrogen) atoms. The van der Waals surface area contributed by atoms with Crippen LogP contribution in [0.15, 0.2) is 72.8 Å². The molecule has 0 aliphatic carbocycles. The predicted molar refractivity (Wildman–Crippen MR) is 118 cm³/mol. The van der Waals surface area contributed by atoms with Crippen molar-refractivity contribution in [1.82, 2.24) is 9.55 Å². The molecule has 0 fully saturated rings. The molecular weight excluding hydrogens is 400 g/mol. The number of rotatable bonds is 8. The fraction of sp³-hybridized carbons (Fsp3) is 0.208. The number of aromatic nitrogens is 2. The first-order chi connectivity index (χ1) is 14.6. The lowest BCUT2D eigenvalue weighted by molar-refractivity contribution is 0.0917. The number of nitrogens with zero attached hydrogens (tertiary/aromatic N) is 2. The highest BCUT2D eigenvalue weighted by molar-refractivity contribution is 6.30. The largest absolute Gasteiger partial charge is 0.491 e. The first-order valence-electron chi connectivity index (χ1n) is 9.78. The summed E-state index contributed by atoms with van der Waals surface area (Å²) in [5.74, 6) is 2.21.